The van der Waals surface area contributed by atoms with E-state index in [1.54, 1.807) is 7.05 Å². The van der Waals surface area contributed by atoms with E-state index in [2.05, 4.69) is 39.7 Å². The Kier molecular flexibility index (Phi) is 10.1. The lowest BCUT2D eigenvalue weighted by Crippen LogP contribution is -2.52. The van der Waals surface area contributed by atoms with Crippen LogP contribution in [0.1, 0.15) is 47.5 Å². The van der Waals surface area contributed by atoms with Crippen LogP contribution in [-0.2, 0) is 4.79 Å². The van der Waals surface area contributed by atoms with Gasteiger partial charge in [-0.1, -0.05) is 0 Å². The second-order valence-electron chi connectivity index (χ2n) is 7.27. The van der Waals surface area contributed by atoms with E-state index in [9.17, 15) is 4.79 Å². The standard InChI is InChI=1S/C16H33N5O.HI/c1-12(2)21-9-7-13(8-10-21)19-15(17-6)18-11-14(22)20-16(3,4)5;/h12-13H,7-11H2,1-6H3,(H,20,22)(H2,17,18,19);1H. The predicted molar refractivity (Wildman–Crippen MR) is 108 cm³/mol. The van der Waals surface area contributed by atoms with Gasteiger partial charge in [-0.15, -0.1) is 24.0 Å². The van der Waals surface area contributed by atoms with E-state index in [0.717, 1.165) is 25.9 Å². The van der Waals surface area contributed by atoms with Crippen LogP contribution in [0.2, 0.25) is 0 Å². The molecule has 6 nitrogen and oxygen atoms in total. The first-order chi connectivity index (χ1) is 10.2. The Labute approximate surface area is 158 Å². The van der Waals surface area contributed by atoms with Crippen molar-refractivity contribution in [2.24, 2.45) is 4.99 Å². The lowest BCUT2D eigenvalue weighted by Gasteiger charge is -2.35. The average molecular weight is 439 g/mol. The summed E-state index contributed by atoms with van der Waals surface area (Å²) in [4.78, 5) is 18.5. The first kappa shape index (κ1) is 22.4. The van der Waals surface area contributed by atoms with Gasteiger partial charge in [-0.25, -0.2) is 0 Å². The Morgan fingerprint density at radius 1 is 1.26 bits per heavy atom. The van der Waals surface area contributed by atoms with E-state index in [4.69, 9.17) is 0 Å². The highest BCUT2D eigenvalue weighted by Gasteiger charge is 2.21. The van der Waals surface area contributed by atoms with Crippen LogP contribution in [-0.4, -0.2) is 61.1 Å². The van der Waals surface area contributed by atoms with Crippen LogP contribution >= 0.6 is 24.0 Å². The van der Waals surface area contributed by atoms with E-state index in [0.29, 0.717) is 18.0 Å². The van der Waals surface area contributed by atoms with Gasteiger partial charge in [0.25, 0.3) is 0 Å². The molecule has 1 rings (SSSR count). The topological polar surface area (TPSA) is 68.8 Å². The Morgan fingerprint density at radius 3 is 2.26 bits per heavy atom. The predicted octanol–water partition coefficient (Wildman–Crippen LogP) is 1.56. The van der Waals surface area contributed by atoms with Crippen molar-refractivity contribution in [3.8, 4) is 0 Å². The van der Waals surface area contributed by atoms with Gasteiger partial charge in [-0.2, -0.15) is 0 Å². The summed E-state index contributed by atoms with van der Waals surface area (Å²) < 4.78 is 0. The molecule has 7 heteroatoms. The zero-order valence-corrected chi connectivity index (χ0v) is 17.7. The van der Waals surface area contributed by atoms with Gasteiger partial charge in [0.1, 0.15) is 0 Å². The molecule has 23 heavy (non-hydrogen) atoms. The molecule has 0 aromatic carbocycles. The van der Waals surface area contributed by atoms with Gasteiger partial charge in [0.2, 0.25) is 5.91 Å². The molecule has 0 atom stereocenters. The summed E-state index contributed by atoms with van der Waals surface area (Å²) in [5.41, 5.74) is -0.209. The number of hydrogen-bond acceptors (Lipinski definition) is 3. The molecule has 0 unspecified atom stereocenters. The minimum atomic E-state index is -0.209. The van der Waals surface area contributed by atoms with Crippen LogP contribution in [0.4, 0.5) is 0 Å². The molecule has 1 aliphatic rings. The fraction of sp³-hybridized carbons (Fsp3) is 0.875. The third-order valence-electron chi connectivity index (χ3n) is 3.76. The number of nitrogens with zero attached hydrogens (tertiary/aromatic N) is 2. The number of halogens is 1. The fourth-order valence-corrected chi connectivity index (χ4v) is 2.57. The second kappa shape index (κ2) is 10.3. The normalized spacial score (nSPS) is 17.6. The minimum Gasteiger partial charge on any atom is -0.354 e. The van der Waals surface area contributed by atoms with Crippen molar-refractivity contribution in [3.63, 3.8) is 0 Å². The molecular weight excluding hydrogens is 405 g/mol. The summed E-state index contributed by atoms with van der Waals surface area (Å²) in [5.74, 6) is 0.678. The number of carbonyl (C=O) groups is 1. The number of likely N-dealkylation sites (tertiary alicyclic amines) is 1. The van der Waals surface area contributed by atoms with Crippen molar-refractivity contribution in [1.82, 2.24) is 20.9 Å². The zero-order valence-electron chi connectivity index (χ0n) is 15.4. The minimum absolute atomic E-state index is 0. The van der Waals surface area contributed by atoms with E-state index in [-0.39, 0.29) is 42.0 Å². The molecule has 1 aliphatic heterocycles. The average Bonchev–Trinajstić information content (AvgIpc) is 2.42. The molecule has 0 aliphatic carbocycles. The third-order valence-corrected chi connectivity index (χ3v) is 3.76. The first-order valence-electron chi connectivity index (χ1n) is 8.23. The number of carbonyl (C=O) groups excluding carboxylic acids is 1. The van der Waals surface area contributed by atoms with Crippen molar-refractivity contribution in [3.05, 3.63) is 0 Å². The van der Waals surface area contributed by atoms with Crippen LogP contribution in [0.5, 0.6) is 0 Å². The van der Waals surface area contributed by atoms with Gasteiger partial charge in [0.05, 0.1) is 6.54 Å². The molecule has 0 aromatic heterocycles. The highest BCUT2D eigenvalue weighted by Crippen LogP contribution is 2.12. The highest BCUT2D eigenvalue weighted by molar-refractivity contribution is 14.0. The molecule has 1 amide bonds. The maximum Gasteiger partial charge on any atom is 0.239 e. The molecule has 0 bridgehead atoms. The smallest absolute Gasteiger partial charge is 0.239 e. The van der Waals surface area contributed by atoms with Crippen molar-refractivity contribution in [2.45, 2.75) is 65.1 Å². The molecule has 3 N–H and O–H groups in total. The number of amides is 1. The van der Waals surface area contributed by atoms with Gasteiger partial charge >= 0.3 is 0 Å². The summed E-state index contributed by atoms with van der Waals surface area (Å²) in [6, 6.07) is 1.03. The molecule has 0 spiro atoms. The Bertz CT molecular complexity index is 384. The number of nitrogens with one attached hydrogen (secondary N) is 3. The molecule has 0 aromatic rings. The molecule has 0 radical (unpaired) electrons. The Balaban J connectivity index is 0.00000484. The Hall–Kier alpha value is -0.570. The highest BCUT2D eigenvalue weighted by atomic mass is 127. The first-order valence-corrected chi connectivity index (χ1v) is 8.23. The van der Waals surface area contributed by atoms with E-state index >= 15 is 0 Å². The van der Waals surface area contributed by atoms with Gasteiger partial charge in [0, 0.05) is 37.8 Å². The monoisotopic (exact) mass is 439 g/mol. The second-order valence-corrected chi connectivity index (χ2v) is 7.27. The molecule has 1 saturated heterocycles. The third kappa shape index (κ3) is 9.34. The summed E-state index contributed by atoms with van der Waals surface area (Å²) in [6.07, 6.45) is 2.21. The fourth-order valence-electron chi connectivity index (χ4n) is 2.57. The van der Waals surface area contributed by atoms with Crippen LogP contribution in [0.15, 0.2) is 4.99 Å². The summed E-state index contributed by atoms with van der Waals surface area (Å²) in [7, 11) is 1.74. The number of guanidine groups is 1. The molecule has 1 fully saturated rings. The van der Waals surface area contributed by atoms with Gasteiger partial charge < -0.3 is 20.9 Å². The zero-order chi connectivity index (χ0) is 16.8. The van der Waals surface area contributed by atoms with Crippen molar-refractivity contribution >= 4 is 35.8 Å². The van der Waals surface area contributed by atoms with Crippen LogP contribution < -0.4 is 16.0 Å². The largest absolute Gasteiger partial charge is 0.354 e. The SMILES string of the molecule is CN=C(NCC(=O)NC(C)(C)C)NC1CCN(C(C)C)CC1.I. The lowest BCUT2D eigenvalue weighted by atomic mass is 10.0. The summed E-state index contributed by atoms with van der Waals surface area (Å²) >= 11 is 0. The number of piperidine rings is 1. The van der Waals surface area contributed by atoms with Crippen LogP contribution in [0, 0.1) is 0 Å². The summed E-state index contributed by atoms with van der Waals surface area (Å²) in [6.45, 7) is 12.8. The van der Waals surface area contributed by atoms with Gasteiger partial charge in [-0.05, 0) is 47.5 Å². The van der Waals surface area contributed by atoms with E-state index < -0.39 is 0 Å². The molecule has 136 valence electrons. The number of hydrogen-bond donors (Lipinski definition) is 3. The van der Waals surface area contributed by atoms with Crippen molar-refractivity contribution in [1.29, 1.82) is 0 Å². The maximum absolute atomic E-state index is 11.8. The van der Waals surface area contributed by atoms with E-state index in [1.165, 1.54) is 0 Å². The quantitative estimate of drug-likeness (QED) is 0.353. The molecular formula is C16H34IN5O. The van der Waals surface area contributed by atoms with Gasteiger partial charge in [-0.3, -0.25) is 9.79 Å². The van der Waals surface area contributed by atoms with Crippen LogP contribution in [0.3, 0.4) is 0 Å². The maximum atomic E-state index is 11.8. The van der Waals surface area contributed by atoms with Crippen molar-refractivity contribution < 1.29 is 4.79 Å². The van der Waals surface area contributed by atoms with Crippen molar-refractivity contribution in [2.75, 3.05) is 26.7 Å². The lowest BCUT2D eigenvalue weighted by molar-refractivity contribution is -0.121. The Morgan fingerprint density at radius 2 is 1.83 bits per heavy atom. The molecule has 1 heterocycles. The van der Waals surface area contributed by atoms with E-state index in [1.807, 2.05) is 20.8 Å². The van der Waals surface area contributed by atoms with Crippen LogP contribution in [0.25, 0.3) is 0 Å². The number of aliphatic imine (C=N–C) groups is 1. The van der Waals surface area contributed by atoms with Gasteiger partial charge in [0.15, 0.2) is 5.96 Å². The summed E-state index contributed by atoms with van der Waals surface area (Å²) in [5, 5.41) is 9.43. The molecule has 0 saturated carbocycles. The number of rotatable bonds is 4.